The molecule has 0 bridgehead atoms. The second-order valence-corrected chi connectivity index (χ2v) is 6.67. The normalized spacial score (nSPS) is 15.7. The third kappa shape index (κ3) is 3.26. The molecule has 2 aliphatic rings. The lowest BCUT2D eigenvalue weighted by Crippen LogP contribution is -2.33. The Balaban J connectivity index is 1.42. The molecule has 0 atom stereocenters. The molecule has 2 aliphatic heterocycles. The van der Waals surface area contributed by atoms with E-state index in [1.807, 2.05) is 24.3 Å². The molecule has 0 N–H and O–H groups in total. The van der Waals surface area contributed by atoms with Gasteiger partial charge in [0.05, 0.1) is 11.3 Å². The third-order valence-electron chi connectivity index (χ3n) is 4.91. The van der Waals surface area contributed by atoms with Crippen LogP contribution in [0.2, 0.25) is 0 Å². The van der Waals surface area contributed by atoms with Crippen LogP contribution >= 0.6 is 0 Å². The van der Waals surface area contributed by atoms with Crippen molar-refractivity contribution in [3.05, 3.63) is 59.7 Å². The number of hydrogen-bond donors (Lipinski definition) is 0. The Hall–Kier alpha value is -3.48. The zero-order valence-electron chi connectivity index (χ0n) is 15.1. The molecule has 28 heavy (non-hydrogen) atoms. The van der Waals surface area contributed by atoms with Crippen molar-refractivity contribution < 1.29 is 23.9 Å². The minimum atomic E-state index is -0.679. The number of rotatable bonds is 4. The topological polar surface area (TPSA) is 84.0 Å². The van der Waals surface area contributed by atoms with Crippen LogP contribution in [0.1, 0.15) is 28.8 Å². The van der Waals surface area contributed by atoms with Crippen LogP contribution in [0.15, 0.2) is 48.5 Å². The van der Waals surface area contributed by atoms with Crippen LogP contribution in [0.4, 0.5) is 11.4 Å². The van der Waals surface area contributed by atoms with Gasteiger partial charge in [0.1, 0.15) is 0 Å². The summed E-state index contributed by atoms with van der Waals surface area (Å²) in [4.78, 5) is 51.2. The van der Waals surface area contributed by atoms with Gasteiger partial charge in [0.2, 0.25) is 11.8 Å². The Labute approximate surface area is 161 Å². The summed E-state index contributed by atoms with van der Waals surface area (Å²) < 4.78 is 5.17. The van der Waals surface area contributed by atoms with Gasteiger partial charge in [0.15, 0.2) is 6.61 Å². The smallest absolute Gasteiger partial charge is 0.338 e. The van der Waals surface area contributed by atoms with Gasteiger partial charge in [-0.15, -0.1) is 0 Å². The Morgan fingerprint density at radius 1 is 0.929 bits per heavy atom. The van der Waals surface area contributed by atoms with Crippen LogP contribution in [0.25, 0.3) is 0 Å². The van der Waals surface area contributed by atoms with Gasteiger partial charge in [-0.2, -0.15) is 0 Å². The second kappa shape index (κ2) is 7.26. The van der Waals surface area contributed by atoms with Gasteiger partial charge in [-0.3, -0.25) is 19.3 Å². The molecule has 7 nitrogen and oxygen atoms in total. The van der Waals surface area contributed by atoms with Gasteiger partial charge in [-0.25, -0.2) is 4.79 Å². The van der Waals surface area contributed by atoms with E-state index in [1.54, 1.807) is 17.0 Å². The number of amides is 3. The third-order valence-corrected chi connectivity index (χ3v) is 4.91. The van der Waals surface area contributed by atoms with Crippen LogP contribution in [-0.2, 0) is 25.5 Å². The summed E-state index contributed by atoms with van der Waals surface area (Å²) in [6.45, 7) is 0.184. The molecule has 142 valence electrons. The molecule has 0 radical (unpaired) electrons. The van der Waals surface area contributed by atoms with Crippen molar-refractivity contribution in [3.8, 4) is 0 Å². The molecule has 0 aliphatic carbocycles. The van der Waals surface area contributed by atoms with Crippen LogP contribution in [0.5, 0.6) is 0 Å². The quantitative estimate of drug-likeness (QED) is 0.601. The van der Waals surface area contributed by atoms with E-state index in [-0.39, 0.29) is 42.7 Å². The van der Waals surface area contributed by atoms with Gasteiger partial charge in [0.25, 0.3) is 5.91 Å². The predicted molar refractivity (Wildman–Crippen MR) is 101 cm³/mol. The Morgan fingerprint density at radius 2 is 1.68 bits per heavy atom. The fourth-order valence-corrected chi connectivity index (χ4v) is 3.52. The minimum absolute atomic E-state index is 0.166. The molecule has 1 fully saturated rings. The number of para-hydroxylation sites is 1. The van der Waals surface area contributed by atoms with E-state index in [4.69, 9.17) is 4.74 Å². The predicted octanol–water partition coefficient (Wildman–Crippen LogP) is 2.09. The molecule has 0 saturated carbocycles. The van der Waals surface area contributed by atoms with Crippen LogP contribution in [0, 0.1) is 0 Å². The Bertz CT molecular complexity index is 968. The maximum absolute atomic E-state index is 12.5. The van der Waals surface area contributed by atoms with E-state index in [0.29, 0.717) is 12.2 Å². The zero-order valence-corrected chi connectivity index (χ0v) is 15.1. The van der Waals surface area contributed by atoms with E-state index >= 15 is 0 Å². The molecule has 2 aromatic carbocycles. The summed E-state index contributed by atoms with van der Waals surface area (Å²) in [6.07, 6.45) is 1.11. The van der Waals surface area contributed by atoms with Gasteiger partial charge in [-0.1, -0.05) is 24.3 Å². The van der Waals surface area contributed by atoms with Crippen molar-refractivity contribution >= 4 is 35.1 Å². The van der Waals surface area contributed by atoms with Crippen molar-refractivity contribution in [2.24, 2.45) is 0 Å². The number of fused-ring (bicyclic) bond motifs is 1. The summed E-state index contributed by atoms with van der Waals surface area (Å²) in [7, 11) is 0. The van der Waals surface area contributed by atoms with Crippen molar-refractivity contribution in [2.45, 2.75) is 19.3 Å². The van der Waals surface area contributed by atoms with Gasteiger partial charge < -0.3 is 9.64 Å². The van der Waals surface area contributed by atoms with Crippen molar-refractivity contribution in [1.82, 2.24) is 0 Å². The first-order valence-corrected chi connectivity index (χ1v) is 9.06. The van der Waals surface area contributed by atoms with E-state index in [0.717, 1.165) is 22.6 Å². The first-order valence-electron chi connectivity index (χ1n) is 9.06. The number of carbonyl (C=O) groups excluding carboxylic acids is 4. The molecular formula is C21H18N2O5. The highest BCUT2D eigenvalue weighted by molar-refractivity contribution is 6.20. The number of nitrogens with zero attached hydrogens (tertiary/aromatic N) is 2. The minimum Gasteiger partial charge on any atom is -0.452 e. The van der Waals surface area contributed by atoms with Crippen molar-refractivity contribution in [3.63, 3.8) is 0 Å². The number of anilines is 2. The van der Waals surface area contributed by atoms with Gasteiger partial charge in [-0.05, 0) is 36.2 Å². The lowest BCUT2D eigenvalue weighted by atomic mass is 10.2. The first-order chi connectivity index (χ1) is 13.5. The van der Waals surface area contributed by atoms with Crippen molar-refractivity contribution in [2.75, 3.05) is 23.0 Å². The average Bonchev–Trinajstić information content (AvgIpc) is 3.29. The highest BCUT2D eigenvalue weighted by atomic mass is 16.5. The van der Waals surface area contributed by atoms with Crippen LogP contribution in [-0.4, -0.2) is 36.8 Å². The molecule has 2 aromatic rings. The number of hydrogen-bond acceptors (Lipinski definition) is 5. The molecule has 0 unspecified atom stereocenters. The van der Waals surface area contributed by atoms with Gasteiger partial charge >= 0.3 is 5.97 Å². The summed E-state index contributed by atoms with van der Waals surface area (Å²) in [5.74, 6) is -1.56. The number of carbonyl (C=O) groups is 4. The largest absolute Gasteiger partial charge is 0.452 e. The highest BCUT2D eigenvalue weighted by Crippen LogP contribution is 2.27. The monoisotopic (exact) mass is 378 g/mol. The molecule has 3 amide bonds. The SMILES string of the molecule is O=C(OCC(=O)N1CCc2ccccc21)c1cccc(N2C(=O)CCC2=O)c1. The number of esters is 1. The molecule has 1 saturated heterocycles. The maximum atomic E-state index is 12.5. The summed E-state index contributed by atoms with van der Waals surface area (Å²) in [6, 6.07) is 13.7. The Kier molecular flexibility index (Phi) is 4.65. The van der Waals surface area contributed by atoms with Gasteiger partial charge in [0, 0.05) is 25.1 Å². The number of ether oxygens (including phenoxy) is 1. The molecule has 2 heterocycles. The summed E-state index contributed by atoms with van der Waals surface area (Å²) in [5.41, 5.74) is 2.45. The lowest BCUT2D eigenvalue weighted by molar-refractivity contribution is -0.122. The molecular weight excluding hydrogens is 360 g/mol. The lowest BCUT2D eigenvalue weighted by Gasteiger charge is -2.17. The van der Waals surface area contributed by atoms with E-state index in [1.165, 1.54) is 12.1 Å². The fourth-order valence-electron chi connectivity index (χ4n) is 3.52. The first kappa shape index (κ1) is 17.9. The summed E-state index contributed by atoms with van der Waals surface area (Å²) >= 11 is 0. The molecule has 4 rings (SSSR count). The fraction of sp³-hybridized carbons (Fsp3) is 0.238. The standard InChI is InChI=1S/C21H18N2O5/c24-18-8-9-19(25)23(18)16-6-3-5-15(12-16)21(27)28-13-20(26)22-11-10-14-4-1-2-7-17(14)22/h1-7,12H,8-11,13H2. The molecule has 7 heteroatoms. The maximum Gasteiger partial charge on any atom is 0.338 e. The van der Waals surface area contributed by atoms with E-state index in [2.05, 4.69) is 0 Å². The highest BCUT2D eigenvalue weighted by Gasteiger charge is 2.31. The molecule has 0 spiro atoms. The average molecular weight is 378 g/mol. The van der Waals surface area contributed by atoms with Crippen molar-refractivity contribution in [1.29, 1.82) is 0 Å². The summed E-state index contributed by atoms with van der Waals surface area (Å²) in [5, 5.41) is 0. The number of imide groups is 1. The second-order valence-electron chi connectivity index (χ2n) is 6.67. The number of benzene rings is 2. The van der Waals surface area contributed by atoms with E-state index in [9.17, 15) is 19.2 Å². The Morgan fingerprint density at radius 3 is 2.46 bits per heavy atom. The van der Waals surface area contributed by atoms with Crippen LogP contribution < -0.4 is 9.80 Å². The zero-order chi connectivity index (χ0) is 19.7. The van der Waals surface area contributed by atoms with E-state index < -0.39 is 5.97 Å². The molecule has 0 aromatic heterocycles. The van der Waals surface area contributed by atoms with Crippen LogP contribution in [0.3, 0.4) is 0 Å².